The molecule has 67 heavy (non-hydrogen) atoms. The first-order chi connectivity index (χ1) is 32.1. The summed E-state index contributed by atoms with van der Waals surface area (Å²) in [6.45, 7) is 11.8. The van der Waals surface area contributed by atoms with Crippen molar-refractivity contribution in [2.75, 3.05) is 13.1 Å². The lowest BCUT2D eigenvalue weighted by molar-refractivity contribution is -0.135. The van der Waals surface area contributed by atoms with Crippen molar-refractivity contribution in [2.24, 2.45) is 0 Å². The third kappa shape index (κ3) is 11.6. The summed E-state index contributed by atoms with van der Waals surface area (Å²) in [7, 11) is 0. The van der Waals surface area contributed by atoms with Crippen LogP contribution in [0.25, 0.3) is 22.5 Å². The van der Waals surface area contributed by atoms with Gasteiger partial charge in [0.2, 0.25) is 0 Å². The van der Waals surface area contributed by atoms with E-state index in [1.165, 1.54) is 0 Å². The number of amides is 4. The molecule has 0 saturated carbocycles. The Hall–Kier alpha value is -6.87. The van der Waals surface area contributed by atoms with E-state index in [1.807, 2.05) is 60.7 Å². The average molecular weight is 923 g/mol. The minimum absolute atomic E-state index is 0.213. The summed E-state index contributed by atoms with van der Waals surface area (Å²) in [6.07, 6.45) is 5.42. The molecule has 0 bridgehead atoms. The molecule has 4 aromatic carbocycles. The maximum atomic E-state index is 14.2. The van der Waals surface area contributed by atoms with Crippen molar-refractivity contribution in [3.63, 3.8) is 0 Å². The Kier molecular flexibility index (Phi) is 13.9. The van der Waals surface area contributed by atoms with E-state index in [0.29, 0.717) is 35.9 Å². The van der Waals surface area contributed by atoms with E-state index in [4.69, 9.17) is 19.4 Å². The monoisotopic (exact) mass is 922 g/mol. The largest absolute Gasteiger partial charge is 0.444 e. The topological polar surface area (TPSA) is 175 Å². The smallest absolute Gasteiger partial charge is 0.408 e. The molecule has 0 radical (unpaired) electrons. The van der Waals surface area contributed by atoms with Crippen LogP contribution in [0.15, 0.2) is 131 Å². The number of ether oxygens (including phenoxy) is 2. The van der Waals surface area contributed by atoms with Gasteiger partial charge in [0.15, 0.2) is 0 Å². The van der Waals surface area contributed by atoms with Crippen LogP contribution in [0.4, 0.5) is 9.59 Å². The van der Waals surface area contributed by atoms with Crippen LogP contribution >= 0.6 is 11.8 Å². The molecule has 15 heteroatoms. The van der Waals surface area contributed by atoms with Gasteiger partial charge in [-0.2, -0.15) is 0 Å². The number of rotatable bonds is 12. The maximum absolute atomic E-state index is 14.2. The van der Waals surface area contributed by atoms with Crippen molar-refractivity contribution >= 4 is 35.8 Å². The first kappa shape index (κ1) is 46.7. The van der Waals surface area contributed by atoms with Crippen molar-refractivity contribution in [1.82, 2.24) is 40.4 Å². The lowest BCUT2D eigenvalue weighted by atomic mass is 10.0. The summed E-state index contributed by atoms with van der Waals surface area (Å²) in [6, 6.07) is 32.6. The SMILES string of the molecule is CC(C)(C)OC(=O)NC(C(=O)N1CCCC1c1ncc(-c2ccc(Sc3ccc(-c4cnc(C5CCCN5C(=O)C(NC(=O)OC(C)(C)C)c5ccccc5)[nH]4)cc3)cc2)[nH]1)c1ccccc1. The number of carbonyl (C=O) groups is 4. The van der Waals surface area contributed by atoms with Gasteiger partial charge < -0.3 is 39.9 Å². The highest BCUT2D eigenvalue weighted by Crippen LogP contribution is 2.37. The van der Waals surface area contributed by atoms with Crippen LogP contribution in [0.1, 0.15) is 114 Å². The standard InChI is InChI=1S/C52H58N8O6S/c1-51(2,3)65-49(63)57-43(35-15-9-7-10-16-35)47(61)59-29-13-19-41(59)45-53-31-39(55-45)33-21-25-37(26-22-33)67-38-27-23-34(24-28-38)40-32-54-46(56-40)42-20-14-30-60(42)48(62)44(36-17-11-8-12-18-36)58-50(64)66-52(4,5)6/h7-12,15-18,21-28,31-32,41-44H,13-14,19-20,29-30H2,1-6H3,(H,53,55)(H,54,56)(H,57,63)(H,58,64). The summed E-state index contributed by atoms with van der Waals surface area (Å²) in [5.74, 6) is 0.974. The van der Waals surface area contributed by atoms with E-state index in [2.05, 4.69) is 69.1 Å². The number of carbonyl (C=O) groups excluding carboxylic acids is 4. The molecule has 2 aliphatic rings. The molecule has 4 unspecified atom stereocenters. The number of aromatic amines is 2. The molecule has 2 saturated heterocycles. The van der Waals surface area contributed by atoms with Gasteiger partial charge in [-0.1, -0.05) is 96.7 Å². The summed E-state index contributed by atoms with van der Waals surface area (Å²) in [4.78, 5) is 76.2. The minimum Gasteiger partial charge on any atom is -0.444 e. The van der Waals surface area contributed by atoms with Gasteiger partial charge in [-0.15, -0.1) is 0 Å². The number of H-pyrrole nitrogens is 2. The number of nitrogens with zero attached hydrogens (tertiary/aromatic N) is 4. The second-order valence-corrected chi connectivity index (χ2v) is 20.0. The van der Waals surface area contributed by atoms with Crippen molar-refractivity contribution in [1.29, 1.82) is 0 Å². The second kappa shape index (κ2) is 19.9. The summed E-state index contributed by atoms with van der Waals surface area (Å²) in [5, 5.41) is 5.64. The van der Waals surface area contributed by atoms with Crippen molar-refractivity contribution in [2.45, 2.75) is 112 Å². The van der Waals surface area contributed by atoms with Gasteiger partial charge in [0.05, 0.1) is 35.9 Å². The number of alkyl carbamates (subject to hydrolysis) is 2. The van der Waals surface area contributed by atoms with Crippen molar-refractivity contribution in [3.05, 3.63) is 144 Å². The average Bonchev–Trinajstić information content (AvgIpc) is 4.15. The summed E-state index contributed by atoms with van der Waals surface area (Å²) < 4.78 is 11.0. The van der Waals surface area contributed by atoms with Crippen LogP contribution < -0.4 is 10.6 Å². The van der Waals surface area contributed by atoms with E-state index in [-0.39, 0.29) is 23.9 Å². The molecule has 0 aliphatic carbocycles. The third-order valence-electron chi connectivity index (χ3n) is 11.5. The van der Waals surface area contributed by atoms with Crippen LogP contribution in [-0.2, 0) is 19.1 Å². The minimum atomic E-state index is -0.908. The molecule has 14 nitrogen and oxygen atoms in total. The Bertz CT molecular complexity index is 2470. The predicted molar refractivity (Wildman–Crippen MR) is 257 cm³/mol. The molecule has 4 amide bonds. The molecule has 4 heterocycles. The molecule has 2 aliphatic heterocycles. The molecule has 4 atom stereocenters. The van der Waals surface area contributed by atoms with Gasteiger partial charge in [-0.3, -0.25) is 9.59 Å². The maximum Gasteiger partial charge on any atom is 0.408 e. The number of nitrogens with one attached hydrogen (secondary N) is 4. The molecule has 2 fully saturated rings. The number of hydrogen-bond donors (Lipinski definition) is 4. The van der Waals surface area contributed by atoms with Crippen LogP contribution in [0.2, 0.25) is 0 Å². The number of benzene rings is 4. The zero-order chi connectivity index (χ0) is 47.3. The molecule has 8 rings (SSSR count). The van der Waals surface area contributed by atoms with Crippen LogP contribution in [-0.4, -0.2) is 78.0 Å². The molecular formula is C52H58N8O6S. The summed E-state index contributed by atoms with van der Waals surface area (Å²) >= 11 is 1.65. The third-order valence-corrected chi connectivity index (χ3v) is 12.6. The van der Waals surface area contributed by atoms with E-state index in [9.17, 15) is 19.2 Å². The highest BCUT2D eigenvalue weighted by Gasteiger charge is 2.39. The number of likely N-dealkylation sites (tertiary alicyclic amines) is 2. The van der Waals surface area contributed by atoms with Crippen molar-refractivity contribution in [3.8, 4) is 22.5 Å². The van der Waals surface area contributed by atoms with Crippen LogP contribution in [0, 0.1) is 0 Å². The van der Waals surface area contributed by atoms with E-state index in [1.54, 1.807) is 75.5 Å². The molecule has 0 spiro atoms. The molecule has 2 aromatic heterocycles. The fourth-order valence-electron chi connectivity index (χ4n) is 8.52. The summed E-state index contributed by atoms with van der Waals surface area (Å²) in [5.41, 5.74) is 3.57. The Morgan fingerprint density at radius 1 is 0.582 bits per heavy atom. The van der Waals surface area contributed by atoms with Gasteiger partial charge in [0.25, 0.3) is 11.8 Å². The van der Waals surface area contributed by atoms with E-state index < -0.39 is 35.5 Å². The zero-order valence-corrected chi connectivity index (χ0v) is 39.6. The lowest BCUT2D eigenvalue weighted by Crippen LogP contribution is -2.44. The first-order valence-electron chi connectivity index (χ1n) is 22.8. The van der Waals surface area contributed by atoms with Gasteiger partial charge in [-0.05, 0) is 114 Å². The second-order valence-electron chi connectivity index (χ2n) is 18.9. The van der Waals surface area contributed by atoms with E-state index in [0.717, 1.165) is 58.0 Å². The Balaban J connectivity index is 0.894. The van der Waals surface area contributed by atoms with Gasteiger partial charge in [-0.25, -0.2) is 19.6 Å². The van der Waals surface area contributed by atoms with Gasteiger partial charge in [0.1, 0.15) is 34.9 Å². The molecule has 348 valence electrons. The van der Waals surface area contributed by atoms with E-state index >= 15 is 0 Å². The molecular weight excluding hydrogens is 865 g/mol. The number of aromatic nitrogens is 4. The fourth-order valence-corrected chi connectivity index (χ4v) is 9.34. The van der Waals surface area contributed by atoms with Gasteiger partial charge in [0, 0.05) is 22.9 Å². The normalized spacial score (nSPS) is 17.2. The molecule has 4 N–H and O–H groups in total. The highest BCUT2D eigenvalue weighted by molar-refractivity contribution is 7.99. The predicted octanol–water partition coefficient (Wildman–Crippen LogP) is 10.5. The van der Waals surface area contributed by atoms with Gasteiger partial charge >= 0.3 is 12.2 Å². The molecule has 6 aromatic rings. The highest BCUT2D eigenvalue weighted by atomic mass is 32.2. The number of imidazole rings is 2. The Labute approximate surface area is 395 Å². The zero-order valence-electron chi connectivity index (χ0n) is 38.7. The quantitative estimate of drug-likeness (QED) is 0.0931. The van der Waals surface area contributed by atoms with Crippen LogP contribution in [0.5, 0.6) is 0 Å². The Morgan fingerprint density at radius 2 is 0.955 bits per heavy atom. The van der Waals surface area contributed by atoms with Crippen molar-refractivity contribution < 1.29 is 28.7 Å². The first-order valence-corrected chi connectivity index (χ1v) is 23.6. The lowest BCUT2D eigenvalue weighted by Gasteiger charge is -2.29. The fraction of sp³-hybridized carbons (Fsp3) is 0.346. The van der Waals surface area contributed by atoms with Crippen LogP contribution in [0.3, 0.4) is 0 Å². The number of hydrogen-bond acceptors (Lipinski definition) is 9. The Morgan fingerprint density at radius 3 is 1.31 bits per heavy atom.